The first-order chi connectivity index (χ1) is 14.2. The second-order valence-corrected chi connectivity index (χ2v) is 8.64. The molecule has 0 N–H and O–H groups in total. The maximum absolute atomic E-state index is 12.9. The predicted octanol–water partition coefficient (Wildman–Crippen LogP) is 3.55. The molecule has 1 aliphatic rings. The minimum atomic E-state index is -4.62. The Morgan fingerprint density at radius 1 is 1.13 bits per heavy atom. The highest BCUT2D eigenvalue weighted by Crippen LogP contribution is 2.35. The van der Waals surface area contributed by atoms with Crippen LogP contribution in [0.5, 0.6) is 5.75 Å². The average molecular weight is 439 g/mol. The van der Waals surface area contributed by atoms with Gasteiger partial charge in [0.05, 0.1) is 29.1 Å². The van der Waals surface area contributed by atoms with E-state index in [0.717, 1.165) is 22.5 Å². The third-order valence-electron chi connectivity index (χ3n) is 4.79. The third-order valence-corrected chi connectivity index (χ3v) is 6.61. The molecule has 1 aliphatic heterocycles. The first kappa shape index (κ1) is 20.4. The number of aromatic nitrogens is 2. The summed E-state index contributed by atoms with van der Waals surface area (Å²) in [6.07, 6.45) is -4.62. The van der Waals surface area contributed by atoms with Crippen molar-refractivity contribution in [3.05, 3.63) is 60.0 Å². The highest BCUT2D eigenvalue weighted by molar-refractivity contribution is 7.89. The van der Waals surface area contributed by atoms with Gasteiger partial charge in [-0.25, -0.2) is 8.42 Å². The smallest absolute Gasteiger partial charge is 0.416 e. The van der Waals surface area contributed by atoms with Crippen molar-refractivity contribution in [2.45, 2.75) is 17.0 Å². The van der Waals surface area contributed by atoms with Crippen LogP contribution >= 0.6 is 0 Å². The Bertz CT molecular complexity index is 1170. The van der Waals surface area contributed by atoms with E-state index >= 15 is 0 Å². The van der Waals surface area contributed by atoms with Crippen LogP contribution in [0.15, 0.2) is 57.9 Å². The summed E-state index contributed by atoms with van der Waals surface area (Å²) in [6, 6.07) is 10.8. The van der Waals surface area contributed by atoms with E-state index in [2.05, 4.69) is 10.1 Å². The number of rotatable bonds is 5. The molecule has 7 nitrogen and oxygen atoms in total. The zero-order chi connectivity index (χ0) is 21.5. The van der Waals surface area contributed by atoms with Gasteiger partial charge in [-0.3, -0.25) is 0 Å². The first-order valence-corrected chi connectivity index (χ1v) is 10.3. The van der Waals surface area contributed by atoms with Gasteiger partial charge in [0, 0.05) is 13.1 Å². The van der Waals surface area contributed by atoms with E-state index in [-0.39, 0.29) is 24.9 Å². The Labute approximate surface area is 170 Å². The summed E-state index contributed by atoms with van der Waals surface area (Å²) in [5.41, 5.74) is -0.387. The molecule has 1 saturated heterocycles. The maximum Gasteiger partial charge on any atom is 0.416 e. The van der Waals surface area contributed by atoms with Crippen molar-refractivity contribution in [1.82, 2.24) is 14.4 Å². The molecule has 11 heteroatoms. The fraction of sp³-hybridized carbons (Fsp3) is 0.263. The van der Waals surface area contributed by atoms with Crippen LogP contribution in [0.4, 0.5) is 13.2 Å². The molecule has 158 valence electrons. The Hall–Kier alpha value is -2.92. The fourth-order valence-corrected chi connectivity index (χ4v) is 4.69. The molecule has 0 radical (unpaired) electrons. The molecule has 3 aromatic rings. The van der Waals surface area contributed by atoms with Gasteiger partial charge in [0.2, 0.25) is 21.7 Å². The molecule has 1 aromatic heterocycles. The lowest BCUT2D eigenvalue weighted by Gasteiger charge is -2.35. The van der Waals surface area contributed by atoms with E-state index in [4.69, 9.17) is 9.26 Å². The predicted molar refractivity (Wildman–Crippen MR) is 99.2 cm³/mol. The molecule has 0 unspecified atom stereocenters. The van der Waals surface area contributed by atoms with E-state index < -0.39 is 26.7 Å². The van der Waals surface area contributed by atoms with Crippen molar-refractivity contribution in [1.29, 1.82) is 0 Å². The van der Waals surface area contributed by atoms with E-state index in [0.29, 0.717) is 23.2 Å². The summed E-state index contributed by atoms with van der Waals surface area (Å²) in [5.74, 6) is 0.779. The Kier molecular flexibility index (Phi) is 5.02. The van der Waals surface area contributed by atoms with Gasteiger partial charge in [0.15, 0.2) is 0 Å². The second-order valence-electron chi connectivity index (χ2n) is 6.70. The standard InChI is InChI=1S/C19H16F3N3O4S/c1-28-16-8-3-2-7-15(16)17-23-18(29-24-17)12-10-25(11-12)30(26,27)14-6-4-5-13(9-14)19(20,21)22/h2-9,12H,10-11H2,1H3. The summed E-state index contributed by atoms with van der Waals surface area (Å²) >= 11 is 0. The van der Waals surface area contributed by atoms with Gasteiger partial charge in [-0.05, 0) is 30.3 Å². The van der Waals surface area contributed by atoms with Crippen molar-refractivity contribution in [3.8, 4) is 17.1 Å². The highest BCUT2D eigenvalue weighted by atomic mass is 32.2. The molecule has 0 saturated carbocycles. The number of sulfonamides is 1. The molecule has 0 spiro atoms. The molecule has 30 heavy (non-hydrogen) atoms. The second kappa shape index (κ2) is 7.40. The number of benzene rings is 2. The van der Waals surface area contributed by atoms with E-state index in [1.54, 1.807) is 24.3 Å². The van der Waals surface area contributed by atoms with Crippen molar-refractivity contribution < 1.29 is 30.8 Å². The van der Waals surface area contributed by atoms with E-state index in [1.807, 2.05) is 0 Å². The maximum atomic E-state index is 12.9. The highest BCUT2D eigenvalue weighted by Gasteiger charge is 2.41. The Morgan fingerprint density at radius 2 is 1.87 bits per heavy atom. The molecule has 0 amide bonds. The molecule has 2 aromatic carbocycles. The number of ether oxygens (including phenoxy) is 1. The third kappa shape index (κ3) is 3.65. The number of nitrogens with zero attached hydrogens (tertiary/aromatic N) is 3. The average Bonchev–Trinajstić information content (AvgIpc) is 3.15. The lowest BCUT2D eigenvalue weighted by Crippen LogP contribution is -2.48. The summed E-state index contributed by atoms with van der Waals surface area (Å²) in [4.78, 5) is 3.91. The minimum Gasteiger partial charge on any atom is -0.496 e. The number of hydrogen-bond donors (Lipinski definition) is 0. The van der Waals surface area contributed by atoms with Crippen molar-refractivity contribution in [3.63, 3.8) is 0 Å². The summed E-state index contributed by atoms with van der Waals surface area (Å²) in [5, 5.41) is 3.92. The topological polar surface area (TPSA) is 85.5 Å². The van der Waals surface area contributed by atoms with Gasteiger partial charge in [0.25, 0.3) is 0 Å². The van der Waals surface area contributed by atoms with Crippen LogP contribution in [0.2, 0.25) is 0 Å². The van der Waals surface area contributed by atoms with Crippen LogP contribution in [0.1, 0.15) is 17.4 Å². The number of para-hydroxylation sites is 1. The number of methoxy groups -OCH3 is 1. The van der Waals surface area contributed by atoms with Crippen LogP contribution < -0.4 is 4.74 Å². The molecular weight excluding hydrogens is 423 g/mol. The fourth-order valence-electron chi connectivity index (χ4n) is 3.11. The van der Waals surface area contributed by atoms with Crippen LogP contribution in [0.25, 0.3) is 11.4 Å². The molecule has 0 aliphatic carbocycles. The van der Waals surface area contributed by atoms with Crippen LogP contribution in [0, 0.1) is 0 Å². The summed E-state index contributed by atoms with van der Waals surface area (Å²) in [7, 11) is -2.54. The van der Waals surface area contributed by atoms with Crippen LogP contribution in [-0.2, 0) is 16.2 Å². The normalized spacial score (nSPS) is 15.7. The molecule has 0 atom stereocenters. The Balaban J connectivity index is 1.50. The SMILES string of the molecule is COc1ccccc1-c1noc(C2CN(S(=O)(=O)c3cccc(C(F)(F)F)c3)C2)n1. The summed E-state index contributed by atoms with van der Waals surface area (Å²) in [6.45, 7) is 0.0677. The largest absolute Gasteiger partial charge is 0.496 e. The van der Waals surface area contributed by atoms with Crippen LogP contribution in [-0.4, -0.2) is 43.1 Å². The number of hydrogen-bond acceptors (Lipinski definition) is 6. The zero-order valence-electron chi connectivity index (χ0n) is 15.6. The van der Waals surface area contributed by atoms with Gasteiger partial charge in [0.1, 0.15) is 5.75 Å². The lowest BCUT2D eigenvalue weighted by molar-refractivity contribution is -0.137. The minimum absolute atomic E-state index is 0.0339. The number of halogens is 3. The molecule has 4 rings (SSSR count). The number of alkyl halides is 3. The van der Waals surface area contributed by atoms with E-state index in [9.17, 15) is 21.6 Å². The van der Waals surface area contributed by atoms with Gasteiger partial charge in [-0.1, -0.05) is 23.4 Å². The van der Waals surface area contributed by atoms with Gasteiger partial charge in [-0.15, -0.1) is 0 Å². The van der Waals surface area contributed by atoms with Gasteiger partial charge in [-0.2, -0.15) is 22.5 Å². The first-order valence-electron chi connectivity index (χ1n) is 8.84. The lowest BCUT2D eigenvalue weighted by atomic mass is 10.0. The molecular formula is C19H16F3N3O4S. The summed E-state index contributed by atoms with van der Waals surface area (Å²) < 4.78 is 75.6. The van der Waals surface area contributed by atoms with E-state index in [1.165, 1.54) is 7.11 Å². The van der Waals surface area contributed by atoms with Crippen molar-refractivity contribution >= 4 is 10.0 Å². The monoisotopic (exact) mass is 439 g/mol. The molecule has 1 fully saturated rings. The Morgan fingerprint density at radius 3 is 2.57 bits per heavy atom. The quantitative estimate of drug-likeness (QED) is 0.605. The van der Waals surface area contributed by atoms with Crippen molar-refractivity contribution in [2.75, 3.05) is 20.2 Å². The van der Waals surface area contributed by atoms with Crippen molar-refractivity contribution in [2.24, 2.45) is 0 Å². The van der Waals surface area contributed by atoms with Gasteiger partial charge >= 0.3 is 6.18 Å². The van der Waals surface area contributed by atoms with Gasteiger partial charge < -0.3 is 9.26 Å². The molecule has 2 heterocycles. The molecule has 0 bridgehead atoms. The van der Waals surface area contributed by atoms with Crippen LogP contribution in [0.3, 0.4) is 0 Å². The zero-order valence-corrected chi connectivity index (χ0v) is 16.4.